The lowest BCUT2D eigenvalue weighted by Crippen LogP contribution is -2.14. The normalized spacial score (nSPS) is 10.7. The van der Waals surface area contributed by atoms with Crippen LogP contribution >= 0.6 is 0 Å². The Morgan fingerprint density at radius 2 is 1.84 bits per heavy atom. The highest BCUT2D eigenvalue weighted by Crippen LogP contribution is 2.25. The van der Waals surface area contributed by atoms with Gasteiger partial charge in [-0.25, -0.2) is 4.98 Å². The summed E-state index contributed by atoms with van der Waals surface area (Å²) in [5.41, 5.74) is 6.07. The van der Waals surface area contributed by atoms with E-state index in [2.05, 4.69) is 47.7 Å². The molecule has 0 atom stereocenters. The Hall–Kier alpha value is -3.39. The Labute approximate surface area is 146 Å². The molecule has 0 saturated heterocycles. The fraction of sp³-hybridized carbons (Fsp3) is 0.0500. The summed E-state index contributed by atoms with van der Waals surface area (Å²) in [6.45, 7) is 0.739. The highest BCUT2D eigenvalue weighted by atomic mass is 15.1. The zero-order valence-corrected chi connectivity index (χ0v) is 13.8. The van der Waals surface area contributed by atoms with Gasteiger partial charge in [-0.15, -0.1) is 0 Å². The second-order valence-electron chi connectivity index (χ2n) is 6.00. The number of hydrogen-bond acceptors (Lipinski definition) is 3. The van der Waals surface area contributed by atoms with Gasteiger partial charge in [0.1, 0.15) is 19.2 Å². The minimum absolute atomic E-state index is 0.645. The highest BCUT2D eigenvalue weighted by Gasteiger charge is 2.13. The van der Waals surface area contributed by atoms with Crippen molar-refractivity contribution in [2.45, 2.75) is 6.54 Å². The van der Waals surface area contributed by atoms with Gasteiger partial charge in [0, 0.05) is 18.3 Å². The van der Waals surface area contributed by atoms with Crippen LogP contribution in [-0.4, -0.2) is 22.4 Å². The molecule has 0 N–H and O–H groups in total. The van der Waals surface area contributed by atoms with Crippen molar-refractivity contribution in [3.05, 3.63) is 78.1 Å². The fourth-order valence-corrected chi connectivity index (χ4v) is 3.01. The molecule has 2 aromatic heterocycles. The summed E-state index contributed by atoms with van der Waals surface area (Å²) in [7, 11) is 2.12. The molecule has 118 valence electrons. The zero-order chi connectivity index (χ0) is 17.2. The number of nitriles is 1. The standard InChI is InChI=1S/C20H15BN4/c21-17-4-2-1-3-16(17)13-25-19-9-10-23-12-18(19)24-20(25)15-7-5-14(11-22)6-8-15/h1-10,12H,13,21H2. The number of pyridine rings is 1. The third-order valence-corrected chi connectivity index (χ3v) is 4.41. The number of rotatable bonds is 3. The molecule has 0 amide bonds. The fourth-order valence-electron chi connectivity index (χ4n) is 3.01. The first-order valence-electron chi connectivity index (χ1n) is 8.11. The van der Waals surface area contributed by atoms with Gasteiger partial charge < -0.3 is 4.57 Å². The van der Waals surface area contributed by atoms with Crippen LogP contribution in [0.2, 0.25) is 0 Å². The predicted molar refractivity (Wildman–Crippen MR) is 101 cm³/mol. The minimum atomic E-state index is 0.645. The number of imidazole rings is 1. The number of fused-ring (bicyclic) bond motifs is 1. The summed E-state index contributed by atoms with van der Waals surface area (Å²) in [5, 5.41) is 9.01. The average Bonchev–Trinajstić information content (AvgIpc) is 3.02. The van der Waals surface area contributed by atoms with Crippen molar-refractivity contribution < 1.29 is 0 Å². The quantitative estimate of drug-likeness (QED) is 0.544. The Kier molecular flexibility index (Phi) is 3.79. The number of aromatic nitrogens is 3. The van der Waals surface area contributed by atoms with E-state index < -0.39 is 0 Å². The maximum absolute atomic E-state index is 9.01. The van der Waals surface area contributed by atoms with E-state index in [1.54, 1.807) is 12.4 Å². The van der Waals surface area contributed by atoms with Gasteiger partial charge in [0.25, 0.3) is 0 Å². The molecule has 0 aliphatic carbocycles. The third-order valence-electron chi connectivity index (χ3n) is 4.41. The number of hydrogen-bond donors (Lipinski definition) is 0. The molecule has 0 aliphatic heterocycles. The Balaban J connectivity index is 1.89. The van der Waals surface area contributed by atoms with E-state index in [1.807, 2.05) is 30.3 Å². The first-order chi connectivity index (χ1) is 12.3. The Morgan fingerprint density at radius 3 is 2.60 bits per heavy atom. The van der Waals surface area contributed by atoms with Gasteiger partial charge in [0.2, 0.25) is 0 Å². The molecule has 0 saturated carbocycles. The van der Waals surface area contributed by atoms with Crippen LogP contribution in [0.5, 0.6) is 0 Å². The first kappa shape index (κ1) is 15.2. The van der Waals surface area contributed by atoms with Gasteiger partial charge in [-0.3, -0.25) is 4.98 Å². The summed E-state index contributed by atoms with van der Waals surface area (Å²) in [6, 6.07) is 20.1. The molecule has 0 radical (unpaired) electrons. The molecule has 0 bridgehead atoms. The SMILES string of the molecule is Bc1ccccc1Cn1c(-c2ccc(C#N)cc2)nc2cnccc21. The van der Waals surface area contributed by atoms with Crippen LogP contribution < -0.4 is 5.46 Å². The average molecular weight is 322 g/mol. The van der Waals surface area contributed by atoms with Crippen LogP contribution in [0.3, 0.4) is 0 Å². The molecule has 0 unspecified atom stereocenters. The highest BCUT2D eigenvalue weighted by molar-refractivity contribution is 6.33. The summed E-state index contributed by atoms with van der Waals surface area (Å²) >= 11 is 0. The molecule has 0 fully saturated rings. The van der Waals surface area contributed by atoms with Gasteiger partial charge in [-0.1, -0.05) is 29.7 Å². The van der Waals surface area contributed by atoms with Crippen LogP contribution in [0.25, 0.3) is 22.4 Å². The molecule has 0 spiro atoms. The van der Waals surface area contributed by atoms with Crippen LogP contribution in [0, 0.1) is 11.3 Å². The smallest absolute Gasteiger partial charge is 0.141 e. The van der Waals surface area contributed by atoms with Crippen LogP contribution in [0.1, 0.15) is 11.1 Å². The molecule has 25 heavy (non-hydrogen) atoms. The van der Waals surface area contributed by atoms with E-state index in [-0.39, 0.29) is 0 Å². The van der Waals surface area contributed by atoms with Crippen LogP contribution in [-0.2, 0) is 6.54 Å². The van der Waals surface area contributed by atoms with E-state index in [9.17, 15) is 0 Å². The number of benzene rings is 2. The van der Waals surface area contributed by atoms with Crippen molar-refractivity contribution in [1.82, 2.24) is 14.5 Å². The van der Waals surface area contributed by atoms with Crippen molar-refractivity contribution in [3.63, 3.8) is 0 Å². The van der Waals surface area contributed by atoms with Gasteiger partial charge in [0.15, 0.2) is 0 Å². The molecule has 4 aromatic rings. The van der Waals surface area contributed by atoms with Crippen LogP contribution in [0.15, 0.2) is 67.0 Å². The monoisotopic (exact) mass is 322 g/mol. The number of nitrogens with zero attached hydrogens (tertiary/aromatic N) is 4. The largest absolute Gasteiger partial charge is 0.319 e. The topological polar surface area (TPSA) is 54.5 Å². The van der Waals surface area contributed by atoms with Crippen molar-refractivity contribution in [3.8, 4) is 17.5 Å². The van der Waals surface area contributed by atoms with E-state index in [0.717, 1.165) is 29.0 Å². The Morgan fingerprint density at radius 1 is 1.04 bits per heavy atom. The lowest BCUT2D eigenvalue weighted by Gasteiger charge is -2.12. The van der Waals surface area contributed by atoms with E-state index in [4.69, 9.17) is 10.2 Å². The molecule has 2 aromatic carbocycles. The Bertz CT molecular complexity index is 1090. The third kappa shape index (κ3) is 2.79. The molecular formula is C20H15BN4. The molecule has 0 aliphatic rings. The second kappa shape index (κ2) is 6.25. The van der Waals surface area contributed by atoms with Crippen molar-refractivity contribution in [2.24, 2.45) is 0 Å². The van der Waals surface area contributed by atoms with Gasteiger partial charge in [0.05, 0.1) is 23.3 Å². The maximum Gasteiger partial charge on any atom is 0.141 e. The summed E-state index contributed by atoms with van der Waals surface area (Å²) in [4.78, 5) is 8.98. The summed E-state index contributed by atoms with van der Waals surface area (Å²) in [6.07, 6.45) is 3.58. The summed E-state index contributed by atoms with van der Waals surface area (Å²) < 4.78 is 2.21. The minimum Gasteiger partial charge on any atom is -0.319 e. The van der Waals surface area contributed by atoms with E-state index >= 15 is 0 Å². The van der Waals surface area contributed by atoms with Gasteiger partial charge in [-0.2, -0.15) is 5.26 Å². The molecular weight excluding hydrogens is 307 g/mol. The molecule has 4 nitrogen and oxygen atoms in total. The lowest BCUT2D eigenvalue weighted by molar-refractivity contribution is 0.838. The van der Waals surface area contributed by atoms with Gasteiger partial charge >= 0.3 is 0 Å². The zero-order valence-electron chi connectivity index (χ0n) is 13.8. The predicted octanol–water partition coefficient (Wildman–Crippen LogP) is 2.28. The summed E-state index contributed by atoms with van der Waals surface area (Å²) in [5.74, 6) is 0.885. The van der Waals surface area contributed by atoms with Crippen molar-refractivity contribution in [1.29, 1.82) is 5.26 Å². The van der Waals surface area contributed by atoms with Crippen LogP contribution in [0.4, 0.5) is 0 Å². The molecule has 5 heteroatoms. The maximum atomic E-state index is 9.01. The van der Waals surface area contributed by atoms with Crippen molar-refractivity contribution >= 4 is 24.3 Å². The van der Waals surface area contributed by atoms with E-state index in [0.29, 0.717) is 5.56 Å². The van der Waals surface area contributed by atoms with Crippen molar-refractivity contribution in [2.75, 3.05) is 0 Å². The lowest BCUT2D eigenvalue weighted by atomic mass is 9.90. The second-order valence-corrected chi connectivity index (χ2v) is 6.00. The first-order valence-corrected chi connectivity index (χ1v) is 8.11. The van der Waals surface area contributed by atoms with E-state index in [1.165, 1.54) is 11.0 Å². The van der Waals surface area contributed by atoms with Gasteiger partial charge in [-0.05, 0) is 35.9 Å². The molecule has 2 heterocycles. The molecule has 4 rings (SSSR count).